The number of rotatable bonds is 5. The van der Waals surface area contributed by atoms with Crippen molar-refractivity contribution in [2.24, 2.45) is 0 Å². The Bertz CT molecular complexity index is 1310. The lowest BCUT2D eigenvalue weighted by atomic mass is 10.0. The van der Waals surface area contributed by atoms with E-state index in [1.807, 2.05) is 6.92 Å². The predicted octanol–water partition coefficient (Wildman–Crippen LogP) is 4.23. The number of hydrogen-bond donors (Lipinski definition) is 2. The van der Waals surface area contributed by atoms with E-state index in [2.05, 4.69) is 14.7 Å². The normalized spacial score (nSPS) is 18.8. The van der Waals surface area contributed by atoms with Gasteiger partial charge in [0.05, 0.1) is 23.4 Å². The first-order chi connectivity index (χ1) is 16.0. The highest BCUT2D eigenvalue weighted by atomic mass is 32.2. The Balaban J connectivity index is 1.70. The summed E-state index contributed by atoms with van der Waals surface area (Å²) in [5, 5.41) is 9.68. The zero-order valence-corrected chi connectivity index (χ0v) is 19.2. The van der Waals surface area contributed by atoms with Crippen LogP contribution in [0, 0.1) is 6.92 Å². The average molecular weight is 493 g/mol. The molecule has 11 heteroatoms. The number of aliphatic hydroxyl groups excluding tert-OH is 1. The largest absolute Gasteiger partial charge is 0.418 e. The lowest BCUT2D eigenvalue weighted by molar-refractivity contribution is -0.137. The maximum Gasteiger partial charge on any atom is 0.418 e. The highest BCUT2D eigenvalue weighted by Gasteiger charge is 2.35. The number of sulfonamides is 1. The Morgan fingerprint density at radius 2 is 1.79 bits per heavy atom. The van der Waals surface area contributed by atoms with E-state index >= 15 is 0 Å². The minimum atomic E-state index is -4.67. The number of anilines is 2. The molecule has 180 valence electrons. The lowest BCUT2D eigenvalue weighted by Crippen LogP contribution is -2.33. The van der Waals surface area contributed by atoms with Gasteiger partial charge in [0.25, 0.3) is 10.0 Å². The van der Waals surface area contributed by atoms with Crippen molar-refractivity contribution in [3.05, 3.63) is 65.7 Å². The molecule has 34 heavy (non-hydrogen) atoms. The molecule has 1 fully saturated rings. The molecule has 0 unspecified atom stereocenters. The van der Waals surface area contributed by atoms with Gasteiger partial charge in [-0.15, -0.1) is 0 Å². The summed E-state index contributed by atoms with van der Waals surface area (Å²) in [6, 6.07) is 12.4. The zero-order chi connectivity index (χ0) is 24.7. The van der Waals surface area contributed by atoms with Gasteiger partial charge in [-0.2, -0.15) is 21.6 Å². The number of hydrogen-bond acceptors (Lipinski definition) is 6. The van der Waals surface area contributed by atoms with Crippen molar-refractivity contribution in [2.45, 2.75) is 43.6 Å². The van der Waals surface area contributed by atoms with Gasteiger partial charge in [-0.25, -0.2) is 9.97 Å². The summed E-state index contributed by atoms with van der Waals surface area (Å²) >= 11 is 0. The Kier molecular flexibility index (Phi) is 6.26. The van der Waals surface area contributed by atoms with Crippen LogP contribution in [0.2, 0.25) is 0 Å². The van der Waals surface area contributed by atoms with Crippen LogP contribution in [0.1, 0.15) is 24.5 Å². The minimum Gasteiger partial charge on any atom is -0.391 e. The third-order valence-corrected chi connectivity index (χ3v) is 7.09. The molecule has 2 atom stereocenters. The first kappa shape index (κ1) is 24.0. The van der Waals surface area contributed by atoms with E-state index in [1.165, 1.54) is 18.2 Å². The van der Waals surface area contributed by atoms with Crippen molar-refractivity contribution < 1.29 is 26.7 Å². The van der Waals surface area contributed by atoms with Crippen LogP contribution in [0.5, 0.6) is 0 Å². The third-order valence-electron chi connectivity index (χ3n) is 5.83. The number of benzene rings is 1. The zero-order valence-electron chi connectivity index (χ0n) is 18.4. The van der Waals surface area contributed by atoms with Crippen LogP contribution in [-0.2, 0) is 16.2 Å². The molecule has 0 aliphatic carbocycles. The number of nitrogens with zero attached hydrogens (tertiary/aromatic N) is 3. The molecule has 0 spiro atoms. The molecule has 1 aromatic carbocycles. The molecule has 1 aliphatic rings. The molecule has 0 bridgehead atoms. The Morgan fingerprint density at radius 1 is 1.06 bits per heavy atom. The Hall–Kier alpha value is -3.18. The van der Waals surface area contributed by atoms with Gasteiger partial charge >= 0.3 is 6.18 Å². The number of alkyl halides is 3. The van der Waals surface area contributed by atoms with Gasteiger partial charge in [0.2, 0.25) is 0 Å². The Labute approximate surface area is 195 Å². The topological polar surface area (TPSA) is 95.4 Å². The van der Waals surface area contributed by atoms with Crippen molar-refractivity contribution in [1.82, 2.24) is 9.97 Å². The molecule has 1 saturated heterocycles. The van der Waals surface area contributed by atoms with Crippen molar-refractivity contribution in [3.63, 3.8) is 0 Å². The van der Waals surface area contributed by atoms with E-state index in [1.54, 1.807) is 36.1 Å². The fourth-order valence-electron chi connectivity index (χ4n) is 3.94. The quantitative estimate of drug-likeness (QED) is 0.554. The monoisotopic (exact) mass is 492 g/mol. The van der Waals surface area contributed by atoms with Crippen LogP contribution in [0.3, 0.4) is 0 Å². The molecule has 0 amide bonds. The maximum atomic E-state index is 13.6. The van der Waals surface area contributed by atoms with Crippen LogP contribution in [0.25, 0.3) is 11.3 Å². The molecular weight excluding hydrogens is 469 g/mol. The van der Waals surface area contributed by atoms with Gasteiger partial charge in [-0.3, -0.25) is 4.72 Å². The van der Waals surface area contributed by atoms with E-state index in [-0.39, 0.29) is 28.1 Å². The second kappa shape index (κ2) is 8.88. The number of aromatic nitrogens is 2. The fraction of sp³-hybridized carbons (Fsp3) is 0.304. The fourth-order valence-corrected chi connectivity index (χ4v) is 4.90. The van der Waals surface area contributed by atoms with Crippen LogP contribution in [-0.4, -0.2) is 42.2 Å². The number of aliphatic hydroxyl groups is 1. The predicted molar refractivity (Wildman–Crippen MR) is 122 cm³/mol. The van der Waals surface area contributed by atoms with Crippen molar-refractivity contribution in [3.8, 4) is 11.3 Å². The SMILES string of the molecule is Cc1ccccc1-c1nc(NS(=O)(=O)c2cccc(N3CC[C@H](O)[C@H]3C)n2)ccc1C(F)(F)F. The molecule has 7 nitrogen and oxygen atoms in total. The smallest absolute Gasteiger partial charge is 0.391 e. The molecule has 4 rings (SSSR count). The summed E-state index contributed by atoms with van der Waals surface area (Å²) < 4.78 is 69.2. The van der Waals surface area contributed by atoms with Gasteiger partial charge in [-0.1, -0.05) is 30.3 Å². The number of halogens is 3. The average Bonchev–Trinajstić information content (AvgIpc) is 3.11. The highest BCUT2D eigenvalue weighted by Crippen LogP contribution is 2.38. The maximum absolute atomic E-state index is 13.6. The molecule has 2 aromatic heterocycles. The van der Waals surface area contributed by atoms with Crippen molar-refractivity contribution in [2.75, 3.05) is 16.2 Å². The van der Waals surface area contributed by atoms with Crippen LogP contribution >= 0.6 is 0 Å². The van der Waals surface area contributed by atoms with Gasteiger partial charge in [0.1, 0.15) is 11.6 Å². The molecule has 0 radical (unpaired) electrons. The molecule has 3 aromatic rings. The van der Waals surface area contributed by atoms with Gasteiger partial charge < -0.3 is 10.0 Å². The third kappa shape index (κ3) is 4.71. The van der Waals surface area contributed by atoms with Crippen LogP contribution < -0.4 is 9.62 Å². The number of pyridine rings is 2. The molecule has 0 saturated carbocycles. The van der Waals surface area contributed by atoms with E-state index in [0.717, 1.165) is 12.1 Å². The van der Waals surface area contributed by atoms with Gasteiger partial charge in [0.15, 0.2) is 5.03 Å². The van der Waals surface area contributed by atoms with E-state index < -0.39 is 27.9 Å². The minimum absolute atomic E-state index is 0.230. The first-order valence-electron chi connectivity index (χ1n) is 10.6. The van der Waals surface area contributed by atoms with Gasteiger partial charge in [-0.05, 0) is 50.1 Å². The molecule has 3 heterocycles. The summed E-state index contributed by atoms with van der Waals surface area (Å²) in [6.07, 6.45) is -4.68. The standard InChI is InChI=1S/C23H23F3N4O3S/c1-14-6-3-4-7-16(14)22-17(23(24,25)26)10-11-19(27-22)29-34(32,33)21-9-5-8-20(28-21)30-13-12-18(31)15(30)2/h3-11,15,18,31H,12-13H2,1-2H3,(H,27,29)/t15-,18+/m1/s1. The van der Waals surface area contributed by atoms with E-state index in [0.29, 0.717) is 24.3 Å². The second-order valence-electron chi connectivity index (χ2n) is 8.13. The van der Waals surface area contributed by atoms with E-state index in [9.17, 15) is 26.7 Å². The lowest BCUT2D eigenvalue weighted by Gasteiger charge is -2.24. The highest BCUT2D eigenvalue weighted by molar-refractivity contribution is 7.92. The number of nitrogens with one attached hydrogen (secondary N) is 1. The molecule has 1 aliphatic heterocycles. The molecule has 2 N–H and O–H groups in total. The van der Waals surface area contributed by atoms with Crippen LogP contribution in [0.15, 0.2) is 59.6 Å². The summed E-state index contributed by atoms with van der Waals surface area (Å²) in [5.74, 6) is 0.122. The van der Waals surface area contributed by atoms with Crippen molar-refractivity contribution >= 4 is 21.7 Å². The van der Waals surface area contributed by atoms with Crippen molar-refractivity contribution in [1.29, 1.82) is 0 Å². The van der Waals surface area contributed by atoms with Crippen LogP contribution in [0.4, 0.5) is 24.8 Å². The second-order valence-corrected chi connectivity index (χ2v) is 9.76. The van der Waals surface area contributed by atoms with E-state index in [4.69, 9.17) is 0 Å². The first-order valence-corrected chi connectivity index (χ1v) is 12.0. The summed E-state index contributed by atoms with van der Waals surface area (Å²) in [6.45, 7) is 3.99. The summed E-state index contributed by atoms with van der Waals surface area (Å²) in [4.78, 5) is 10.0. The summed E-state index contributed by atoms with van der Waals surface area (Å²) in [5.41, 5.74) is -0.520. The molecular formula is C23H23F3N4O3S. The number of aryl methyl sites for hydroxylation is 1. The van der Waals surface area contributed by atoms with Gasteiger partial charge in [0, 0.05) is 12.1 Å². The Morgan fingerprint density at radius 3 is 2.44 bits per heavy atom. The summed E-state index contributed by atoms with van der Waals surface area (Å²) in [7, 11) is -4.25.